The summed E-state index contributed by atoms with van der Waals surface area (Å²) in [5.74, 6) is -1.74. The summed E-state index contributed by atoms with van der Waals surface area (Å²) in [5, 5.41) is 11.4. The Labute approximate surface area is 163 Å². The number of benzene rings is 1. The number of nitrogens with one attached hydrogen (secondary N) is 1. The number of hydrogen-bond acceptors (Lipinski definition) is 5. The Balaban J connectivity index is 0.000000433. The number of aromatic carboxylic acids is 1. The minimum absolute atomic E-state index is 0.148. The van der Waals surface area contributed by atoms with Crippen LogP contribution in [0.25, 0.3) is 0 Å². The number of ketones is 2. The molecule has 4 N–H and O–H groups in total. The fraction of sp³-hybridized carbons (Fsp3) is 0.250. The van der Waals surface area contributed by atoms with E-state index in [1.165, 1.54) is 6.92 Å². The molecular formula is C12H13I3N2O4. The van der Waals surface area contributed by atoms with Gasteiger partial charge in [-0.05, 0) is 80.9 Å². The molecule has 0 aromatic heterocycles. The molecule has 0 unspecified atom stereocenters. The monoisotopic (exact) mass is 630 g/mol. The van der Waals surface area contributed by atoms with Crippen LogP contribution in [0.5, 0.6) is 0 Å². The molecule has 0 amide bonds. The van der Waals surface area contributed by atoms with Gasteiger partial charge >= 0.3 is 5.97 Å². The lowest BCUT2D eigenvalue weighted by atomic mass is 10.2. The van der Waals surface area contributed by atoms with Gasteiger partial charge in [0.25, 0.3) is 0 Å². The second kappa shape index (κ2) is 9.89. The molecule has 0 saturated heterocycles. The maximum atomic E-state index is 10.7. The van der Waals surface area contributed by atoms with E-state index in [1.807, 2.05) is 0 Å². The Morgan fingerprint density at radius 3 is 2.10 bits per heavy atom. The lowest BCUT2D eigenvalue weighted by Gasteiger charge is -2.07. The molecule has 0 saturated carbocycles. The van der Waals surface area contributed by atoms with E-state index in [0.29, 0.717) is 5.69 Å². The summed E-state index contributed by atoms with van der Waals surface area (Å²) < 4.78 is 2.72. The van der Waals surface area contributed by atoms with Gasteiger partial charge in [-0.25, -0.2) is 4.79 Å². The third-order valence-electron chi connectivity index (χ3n) is 2.16. The molecule has 21 heavy (non-hydrogen) atoms. The highest BCUT2D eigenvalue weighted by molar-refractivity contribution is 14.1. The number of likely N-dealkylation sites (N-methyl/N-ethyl adjacent to an activating group) is 1. The van der Waals surface area contributed by atoms with Crippen molar-refractivity contribution in [3.05, 3.63) is 22.3 Å². The van der Waals surface area contributed by atoms with Gasteiger partial charge in [-0.3, -0.25) is 9.59 Å². The first-order valence-corrected chi connectivity index (χ1v) is 8.71. The fourth-order valence-electron chi connectivity index (χ4n) is 1.07. The van der Waals surface area contributed by atoms with Crippen LogP contribution in [-0.2, 0) is 9.59 Å². The molecule has 0 heterocycles. The lowest BCUT2D eigenvalue weighted by molar-refractivity contribution is -0.134. The largest absolute Gasteiger partial charge is 0.478 e. The van der Waals surface area contributed by atoms with Crippen molar-refractivity contribution < 1.29 is 19.5 Å². The number of nitrogens with two attached hydrogens (primary N) is 1. The zero-order valence-corrected chi connectivity index (χ0v) is 17.6. The fourth-order valence-corrected chi connectivity index (χ4v) is 3.20. The van der Waals surface area contributed by atoms with Crippen LogP contribution in [0.2, 0.25) is 0 Å². The number of carboxylic acid groups (broad SMARTS) is 1. The first-order valence-electron chi connectivity index (χ1n) is 5.48. The molecule has 0 spiro atoms. The van der Waals surface area contributed by atoms with Crippen LogP contribution in [0.15, 0.2) is 6.07 Å². The predicted octanol–water partition coefficient (Wildman–Crippen LogP) is 2.14. The van der Waals surface area contributed by atoms with Crippen LogP contribution < -0.4 is 11.1 Å². The number of halogens is 3. The van der Waals surface area contributed by atoms with E-state index in [-0.39, 0.29) is 23.7 Å². The van der Waals surface area contributed by atoms with E-state index in [1.54, 1.807) is 13.1 Å². The second-order valence-corrected chi connectivity index (χ2v) is 7.08. The highest BCUT2D eigenvalue weighted by Crippen LogP contribution is 2.29. The summed E-state index contributed by atoms with van der Waals surface area (Å²) in [5.41, 5.74) is 6.18. The van der Waals surface area contributed by atoms with Crippen LogP contribution in [0.1, 0.15) is 17.3 Å². The number of carbonyl (C=O) groups is 3. The third kappa shape index (κ3) is 6.73. The summed E-state index contributed by atoms with van der Waals surface area (Å²) in [7, 11) is 1.63. The Morgan fingerprint density at radius 2 is 1.76 bits per heavy atom. The SMILES string of the molecule is CNCC(=O)C(C)=O.Nc1c(C(=O)O)cc(I)c(I)c1I. The van der Waals surface area contributed by atoms with Crippen molar-refractivity contribution >= 4 is 91.0 Å². The van der Waals surface area contributed by atoms with Crippen LogP contribution in [0.4, 0.5) is 5.69 Å². The Kier molecular flexibility index (Phi) is 9.88. The molecule has 1 aromatic rings. The molecule has 1 aromatic carbocycles. The molecule has 0 radical (unpaired) electrons. The maximum Gasteiger partial charge on any atom is 0.337 e. The summed E-state index contributed by atoms with van der Waals surface area (Å²) in [6.07, 6.45) is 0. The van der Waals surface area contributed by atoms with Crippen LogP contribution in [0, 0.1) is 10.7 Å². The number of rotatable bonds is 4. The van der Waals surface area contributed by atoms with Crippen LogP contribution in [0.3, 0.4) is 0 Å². The zero-order valence-electron chi connectivity index (χ0n) is 11.2. The molecule has 116 valence electrons. The van der Waals surface area contributed by atoms with E-state index in [4.69, 9.17) is 10.8 Å². The zero-order chi connectivity index (χ0) is 16.7. The van der Waals surface area contributed by atoms with Crippen LogP contribution >= 0.6 is 67.8 Å². The molecule has 0 aliphatic rings. The van der Waals surface area contributed by atoms with Gasteiger partial charge in [0, 0.05) is 14.1 Å². The van der Waals surface area contributed by atoms with Gasteiger partial charge in [0.2, 0.25) is 5.78 Å². The molecule has 0 bridgehead atoms. The summed E-state index contributed by atoms with van der Waals surface area (Å²) in [6, 6.07) is 1.59. The van der Waals surface area contributed by atoms with Crippen LogP contribution in [-0.4, -0.2) is 36.2 Å². The molecule has 6 nitrogen and oxygen atoms in total. The Hall–Kier alpha value is -0.0200. The van der Waals surface area contributed by atoms with Gasteiger partial charge in [0.05, 0.1) is 21.4 Å². The predicted molar refractivity (Wildman–Crippen MR) is 106 cm³/mol. The lowest BCUT2D eigenvalue weighted by Crippen LogP contribution is -2.23. The molecule has 0 fully saturated rings. The van der Waals surface area contributed by atoms with E-state index in [0.717, 1.165) is 10.7 Å². The van der Waals surface area contributed by atoms with Crippen molar-refractivity contribution in [1.29, 1.82) is 0 Å². The number of carbonyl (C=O) groups excluding carboxylic acids is 2. The average molecular weight is 630 g/mol. The van der Waals surface area contributed by atoms with Crippen molar-refractivity contribution in [3.8, 4) is 0 Å². The smallest absolute Gasteiger partial charge is 0.337 e. The maximum absolute atomic E-state index is 10.7. The van der Waals surface area contributed by atoms with Gasteiger partial charge < -0.3 is 16.2 Å². The number of carboxylic acids is 1. The number of hydrogen-bond donors (Lipinski definition) is 3. The van der Waals surface area contributed by atoms with Gasteiger partial charge in [0.15, 0.2) is 5.78 Å². The number of Topliss-reactive ketones (excluding diaryl/α,β-unsaturated/α-hetero) is 2. The third-order valence-corrected chi connectivity index (χ3v) is 7.32. The molecule has 0 aliphatic carbocycles. The topological polar surface area (TPSA) is 109 Å². The summed E-state index contributed by atoms with van der Waals surface area (Å²) in [6.45, 7) is 1.41. The first-order chi connectivity index (χ1) is 9.63. The Bertz CT molecular complexity index is 576. The molecular weight excluding hydrogens is 617 g/mol. The van der Waals surface area contributed by atoms with Gasteiger partial charge in [0.1, 0.15) is 0 Å². The van der Waals surface area contributed by atoms with E-state index < -0.39 is 5.97 Å². The molecule has 1 rings (SSSR count). The number of anilines is 1. The van der Waals surface area contributed by atoms with Crippen molar-refractivity contribution in [1.82, 2.24) is 5.32 Å². The molecule has 9 heteroatoms. The minimum atomic E-state index is -0.982. The summed E-state index contributed by atoms with van der Waals surface area (Å²) in [4.78, 5) is 31.2. The van der Waals surface area contributed by atoms with Crippen molar-refractivity contribution in [2.45, 2.75) is 6.92 Å². The van der Waals surface area contributed by atoms with Gasteiger partial charge in [-0.1, -0.05) is 0 Å². The Morgan fingerprint density at radius 1 is 1.24 bits per heavy atom. The van der Waals surface area contributed by atoms with E-state index in [2.05, 4.69) is 73.1 Å². The molecule has 0 atom stereocenters. The first kappa shape index (κ1) is 21.0. The van der Waals surface area contributed by atoms with E-state index >= 15 is 0 Å². The number of nitrogen functional groups attached to an aromatic ring is 1. The highest BCUT2D eigenvalue weighted by atomic mass is 127. The quantitative estimate of drug-likeness (QED) is 0.204. The van der Waals surface area contributed by atoms with Gasteiger partial charge in [-0.2, -0.15) is 0 Å². The molecule has 0 aliphatic heterocycles. The standard InChI is InChI=1S/C7H4I3NO2.C5H9NO2/c8-3-1-2(7(12)13)6(11)5(10)4(3)9;1-4(7)5(8)3-6-2/h1H,11H2,(H,12,13);6H,3H2,1-2H3. The minimum Gasteiger partial charge on any atom is -0.478 e. The normalized spacial score (nSPS) is 9.57. The van der Waals surface area contributed by atoms with Crippen molar-refractivity contribution in [3.63, 3.8) is 0 Å². The summed E-state index contributed by atoms with van der Waals surface area (Å²) >= 11 is 6.29. The second-order valence-electron chi connectivity index (χ2n) is 3.76. The van der Waals surface area contributed by atoms with Gasteiger partial charge in [-0.15, -0.1) is 0 Å². The van der Waals surface area contributed by atoms with Crippen molar-refractivity contribution in [2.75, 3.05) is 19.3 Å². The highest BCUT2D eigenvalue weighted by Gasteiger charge is 2.15. The van der Waals surface area contributed by atoms with E-state index in [9.17, 15) is 14.4 Å². The average Bonchev–Trinajstić information content (AvgIpc) is 2.41. The van der Waals surface area contributed by atoms with Crippen molar-refractivity contribution in [2.24, 2.45) is 0 Å².